The molecule has 3 fully saturated rings. The SMILES string of the molecule is Cn1cc([C@H]2[C@H](CN3CCCCC3)OCCN2S(=O)(=O)CC2CC2)cn1.O=CO. The summed E-state index contributed by atoms with van der Waals surface area (Å²) in [5.41, 5.74) is 0.939. The van der Waals surface area contributed by atoms with Crippen molar-refractivity contribution in [3.05, 3.63) is 18.0 Å². The molecular weight excluding hydrogens is 396 g/mol. The lowest BCUT2D eigenvalue weighted by Crippen LogP contribution is -2.52. The highest BCUT2D eigenvalue weighted by Gasteiger charge is 2.43. The highest BCUT2D eigenvalue weighted by Crippen LogP contribution is 2.37. The zero-order chi connectivity index (χ0) is 20.9. The number of aromatic nitrogens is 2. The van der Waals surface area contributed by atoms with Crippen molar-refractivity contribution in [1.29, 1.82) is 0 Å². The molecule has 1 aliphatic carbocycles. The largest absolute Gasteiger partial charge is 0.483 e. The van der Waals surface area contributed by atoms with E-state index in [0.717, 1.165) is 38.0 Å². The van der Waals surface area contributed by atoms with Crippen LogP contribution in [0.3, 0.4) is 0 Å². The Hall–Kier alpha value is -1.49. The summed E-state index contributed by atoms with van der Waals surface area (Å²) in [5.74, 6) is 0.623. The number of ether oxygens (including phenoxy) is 1. The van der Waals surface area contributed by atoms with Crippen molar-refractivity contribution in [3.8, 4) is 0 Å². The molecule has 2 atom stereocenters. The average Bonchev–Trinajstić information content (AvgIpc) is 3.39. The molecule has 4 rings (SSSR count). The topological polar surface area (TPSA) is 105 Å². The molecule has 0 bridgehead atoms. The van der Waals surface area contributed by atoms with E-state index in [1.54, 1.807) is 15.2 Å². The van der Waals surface area contributed by atoms with E-state index >= 15 is 0 Å². The third kappa shape index (κ3) is 6.00. The smallest absolute Gasteiger partial charge is 0.290 e. The Morgan fingerprint density at radius 1 is 1.24 bits per heavy atom. The zero-order valence-electron chi connectivity index (χ0n) is 17.0. The summed E-state index contributed by atoms with van der Waals surface area (Å²) < 4.78 is 35.8. The minimum absolute atomic E-state index is 0.139. The maximum absolute atomic E-state index is 13.1. The predicted molar refractivity (Wildman–Crippen MR) is 108 cm³/mol. The molecule has 29 heavy (non-hydrogen) atoms. The Kier molecular flexibility index (Phi) is 7.66. The summed E-state index contributed by atoms with van der Waals surface area (Å²) in [6.45, 7) is 3.60. The van der Waals surface area contributed by atoms with Gasteiger partial charge in [-0.1, -0.05) is 6.42 Å². The average molecular weight is 429 g/mol. The molecule has 3 aliphatic rings. The maximum atomic E-state index is 13.1. The van der Waals surface area contributed by atoms with Gasteiger partial charge in [0, 0.05) is 31.9 Å². The first-order valence-electron chi connectivity index (χ1n) is 10.3. The molecule has 2 aliphatic heterocycles. The molecule has 0 radical (unpaired) electrons. The van der Waals surface area contributed by atoms with Crippen LogP contribution in [0, 0.1) is 5.92 Å². The van der Waals surface area contributed by atoms with Crippen LogP contribution in [0.2, 0.25) is 0 Å². The molecule has 3 heterocycles. The third-order valence-corrected chi connectivity index (χ3v) is 7.78. The van der Waals surface area contributed by atoms with E-state index in [2.05, 4.69) is 10.00 Å². The van der Waals surface area contributed by atoms with Gasteiger partial charge >= 0.3 is 0 Å². The fourth-order valence-electron chi connectivity index (χ4n) is 4.22. The number of carboxylic acid groups (broad SMARTS) is 1. The van der Waals surface area contributed by atoms with E-state index in [-0.39, 0.29) is 24.4 Å². The van der Waals surface area contributed by atoms with Gasteiger partial charge in [-0.3, -0.25) is 9.48 Å². The molecule has 1 N–H and O–H groups in total. The fraction of sp³-hybridized carbons (Fsp3) is 0.789. The predicted octanol–water partition coefficient (Wildman–Crippen LogP) is 1.09. The lowest BCUT2D eigenvalue weighted by molar-refractivity contribution is -0.122. The van der Waals surface area contributed by atoms with Crippen molar-refractivity contribution in [1.82, 2.24) is 19.0 Å². The van der Waals surface area contributed by atoms with Crippen molar-refractivity contribution in [3.63, 3.8) is 0 Å². The van der Waals surface area contributed by atoms with Gasteiger partial charge in [0.1, 0.15) is 0 Å². The minimum atomic E-state index is -3.28. The first-order valence-corrected chi connectivity index (χ1v) is 12.0. The Morgan fingerprint density at radius 2 is 1.93 bits per heavy atom. The van der Waals surface area contributed by atoms with Gasteiger partial charge in [0.05, 0.1) is 30.7 Å². The van der Waals surface area contributed by atoms with Crippen molar-refractivity contribution in [2.75, 3.05) is 38.5 Å². The van der Waals surface area contributed by atoms with Crippen molar-refractivity contribution >= 4 is 16.5 Å². The van der Waals surface area contributed by atoms with Crippen LogP contribution in [0.5, 0.6) is 0 Å². The molecule has 1 aromatic rings. The Bertz CT molecular complexity index is 758. The molecule has 1 saturated carbocycles. The van der Waals surface area contributed by atoms with Crippen LogP contribution >= 0.6 is 0 Å². The summed E-state index contributed by atoms with van der Waals surface area (Å²) >= 11 is 0. The summed E-state index contributed by atoms with van der Waals surface area (Å²) in [5, 5.41) is 11.2. The summed E-state index contributed by atoms with van der Waals surface area (Å²) in [4.78, 5) is 10.8. The summed E-state index contributed by atoms with van der Waals surface area (Å²) in [7, 11) is -1.41. The molecule has 9 nitrogen and oxygen atoms in total. The van der Waals surface area contributed by atoms with Crippen molar-refractivity contribution < 1.29 is 23.1 Å². The fourth-order valence-corrected chi connectivity index (χ4v) is 6.30. The Morgan fingerprint density at radius 3 is 2.52 bits per heavy atom. The minimum Gasteiger partial charge on any atom is -0.483 e. The second kappa shape index (κ2) is 10.0. The highest BCUT2D eigenvalue weighted by molar-refractivity contribution is 7.89. The van der Waals surface area contributed by atoms with Gasteiger partial charge in [-0.05, 0) is 44.7 Å². The van der Waals surface area contributed by atoms with Gasteiger partial charge < -0.3 is 14.7 Å². The van der Waals surface area contributed by atoms with E-state index in [9.17, 15) is 8.42 Å². The van der Waals surface area contributed by atoms with E-state index in [4.69, 9.17) is 14.6 Å². The third-order valence-electron chi connectivity index (χ3n) is 5.76. The van der Waals surface area contributed by atoms with Crippen LogP contribution in [0.4, 0.5) is 0 Å². The summed E-state index contributed by atoms with van der Waals surface area (Å²) in [6, 6.07) is -0.275. The molecule has 164 valence electrons. The monoisotopic (exact) mass is 428 g/mol. The molecule has 1 aromatic heterocycles. The normalized spacial score (nSPS) is 26.5. The molecule has 0 unspecified atom stereocenters. The van der Waals surface area contributed by atoms with E-state index in [1.807, 2.05) is 13.2 Å². The molecule has 0 amide bonds. The van der Waals surface area contributed by atoms with Crippen LogP contribution in [-0.4, -0.2) is 83.6 Å². The zero-order valence-corrected chi connectivity index (χ0v) is 17.8. The van der Waals surface area contributed by atoms with Crippen LogP contribution in [0.15, 0.2) is 12.4 Å². The Labute approximate surface area is 172 Å². The first-order chi connectivity index (χ1) is 13.9. The van der Waals surface area contributed by atoms with Crippen LogP contribution in [0.25, 0.3) is 0 Å². The molecule has 2 saturated heterocycles. The molecule has 0 spiro atoms. The number of aryl methyl sites for hydroxylation is 1. The number of piperidine rings is 1. The quantitative estimate of drug-likeness (QED) is 0.676. The maximum Gasteiger partial charge on any atom is 0.290 e. The van der Waals surface area contributed by atoms with Crippen LogP contribution in [0.1, 0.15) is 43.7 Å². The number of nitrogens with zero attached hydrogens (tertiary/aromatic N) is 4. The molecular formula is C19H32N4O5S. The van der Waals surface area contributed by atoms with Gasteiger partial charge in [-0.15, -0.1) is 0 Å². The number of hydrogen-bond acceptors (Lipinski definition) is 6. The van der Waals surface area contributed by atoms with E-state index < -0.39 is 10.0 Å². The number of sulfonamides is 1. The number of rotatable bonds is 6. The van der Waals surface area contributed by atoms with Gasteiger partial charge in [0.2, 0.25) is 10.0 Å². The number of morpholine rings is 1. The lowest BCUT2D eigenvalue weighted by Gasteiger charge is -2.42. The van der Waals surface area contributed by atoms with Crippen molar-refractivity contribution in [2.45, 2.75) is 44.2 Å². The van der Waals surface area contributed by atoms with Gasteiger partial charge in [-0.2, -0.15) is 9.40 Å². The number of carbonyl (C=O) groups is 1. The van der Waals surface area contributed by atoms with Gasteiger partial charge in [0.15, 0.2) is 0 Å². The molecule has 0 aromatic carbocycles. The van der Waals surface area contributed by atoms with Gasteiger partial charge in [0.25, 0.3) is 6.47 Å². The first kappa shape index (κ1) is 22.2. The summed E-state index contributed by atoms with van der Waals surface area (Å²) in [6.07, 6.45) is 9.39. The second-order valence-corrected chi connectivity index (χ2v) is 10.1. The van der Waals surface area contributed by atoms with E-state index in [0.29, 0.717) is 19.1 Å². The lowest BCUT2D eigenvalue weighted by atomic mass is 10.0. The Balaban J connectivity index is 0.000000755. The number of hydrogen-bond donors (Lipinski definition) is 1. The van der Waals surface area contributed by atoms with Crippen LogP contribution < -0.4 is 0 Å². The second-order valence-electron chi connectivity index (χ2n) is 8.10. The van der Waals surface area contributed by atoms with Crippen LogP contribution in [-0.2, 0) is 26.6 Å². The van der Waals surface area contributed by atoms with E-state index in [1.165, 1.54) is 19.3 Å². The standard InChI is InChI=1S/C18H30N4O3S.CH2O2/c1-20-12-16(11-19-20)18-17(13-21-7-3-2-4-8-21)25-10-9-22(18)26(23,24)14-15-5-6-15;2-1-3/h11-12,15,17-18H,2-10,13-14H2,1H3;1H,(H,2,3)/t17-,18-;/m0./s1. The van der Waals surface area contributed by atoms with Crippen molar-refractivity contribution in [2.24, 2.45) is 13.0 Å². The highest BCUT2D eigenvalue weighted by atomic mass is 32.2. The molecule has 10 heteroatoms. The number of likely N-dealkylation sites (tertiary alicyclic amines) is 1. The van der Waals surface area contributed by atoms with Gasteiger partial charge in [-0.25, -0.2) is 8.42 Å².